The fourth-order valence-electron chi connectivity index (χ4n) is 1.34. The molecule has 1 N–H and O–H groups in total. The molecule has 92 valence electrons. The number of nitriles is 1. The first-order valence-corrected chi connectivity index (χ1v) is 5.47. The molecule has 1 rings (SSSR count). The number of nitrogens with zero attached hydrogens (tertiary/aromatic N) is 1. The lowest BCUT2D eigenvalue weighted by molar-refractivity contribution is 0.386. The first-order valence-electron chi connectivity index (χ1n) is 5.47. The van der Waals surface area contributed by atoms with E-state index in [1.54, 1.807) is 12.1 Å². The van der Waals surface area contributed by atoms with E-state index in [1.807, 2.05) is 13.8 Å². The Bertz CT molecular complexity index is 424. The maximum absolute atomic E-state index is 13.1. The molecule has 0 saturated heterocycles. The third kappa shape index (κ3) is 3.95. The van der Waals surface area contributed by atoms with Crippen molar-refractivity contribution in [3.05, 3.63) is 24.0 Å². The van der Waals surface area contributed by atoms with Gasteiger partial charge in [0.15, 0.2) is 11.6 Å². The van der Waals surface area contributed by atoms with Crippen LogP contribution in [0.3, 0.4) is 0 Å². The van der Waals surface area contributed by atoms with Gasteiger partial charge in [0.2, 0.25) is 0 Å². The highest BCUT2D eigenvalue weighted by atomic mass is 19.1. The number of nitrogens with one attached hydrogen (secondary N) is 1. The molecule has 3 nitrogen and oxygen atoms in total. The van der Waals surface area contributed by atoms with Gasteiger partial charge in [-0.3, -0.25) is 0 Å². The Hall–Kier alpha value is -1.76. The van der Waals surface area contributed by atoms with E-state index >= 15 is 0 Å². The summed E-state index contributed by atoms with van der Waals surface area (Å²) in [4.78, 5) is 0. The Morgan fingerprint density at radius 2 is 2.18 bits per heavy atom. The molecule has 0 aromatic heterocycles. The van der Waals surface area contributed by atoms with Crippen LogP contribution >= 0.6 is 0 Å². The van der Waals surface area contributed by atoms with Gasteiger partial charge in [0.05, 0.1) is 18.6 Å². The number of methoxy groups -OCH3 is 1. The summed E-state index contributed by atoms with van der Waals surface area (Å²) in [6, 6.07) is 6.85. The zero-order chi connectivity index (χ0) is 12.9. The summed E-state index contributed by atoms with van der Waals surface area (Å²) in [5.74, 6) is -0.162. The predicted octanol–water partition coefficient (Wildman–Crippen LogP) is 3.19. The fraction of sp³-hybridized carbons (Fsp3) is 0.462. The molecule has 0 aliphatic heterocycles. The number of halogens is 1. The molecule has 0 atom stereocenters. The first-order chi connectivity index (χ1) is 7.98. The van der Waals surface area contributed by atoms with Crippen LogP contribution in [-0.2, 0) is 0 Å². The average molecular weight is 236 g/mol. The highest BCUT2D eigenvalue weighted by Crippen LogP contribution is 2.23. The Labute approximate surface area is 101 Å². The summed E-state index contributed by atoms with van der Waals surface area (Å²) >= 11 is 0. The third-order valence-electron chi connectivity index (χ3n) is 2.53. The lowest BCUT2D eigenvalue weighted by atomic mass is 9.91. The molecule has 1 aromatic carbocycles. The topological polar surface area (TPSA) is 45.0 Å². The molecule has 17 heavy (non-hydrogen) atoms. The van der Waals surface area contributed by atoms with Gasteiger partial charge in [-0.2, -0.15) is 5.26 Å². The van der Waals surface area contributed by atoms with E-state index in [2.05, 4.69) is 11.4 Å². The highest BCUT2D eigenvalue weighted by molar-refractivity contribution is 5.48. The van der Waals surface area contributed by atoms with E-state index in [0.29, 0.717) is 6.54 Å². The number of anilines is 1. The summed E-state index contributed by atoms with van der Waals surface area (Å²) in [5.41, 5.74) is 0.439. The second-order valence-corrected chi connectivity index (χ2v) is 4.52. The van der Waals surface area contributed by atoms with Crippen molar-refractivity contribution in [2.75, 3.05) is 19.0 Å². The van der Waals surface area contributed by atoms with E-state index in [1.165, 1.54) is 13.2 Å². The smallest absolute Gasteiger partial charge is 0.165 e. The van der Waals surface area contributed by atoms with Gasteiger partial charge in [0, 0.05) is 18.3 Å². The molecule has 0 radical (unpaired) electrons. The maximum Gasteiger partial charge on any atom is 0.165 e. The third-order valence-corrected chi connectivity index (χ3v) is 2.53. The average Bonchev–Trinajstić information content (AvgIpc) is 2.31. The largest absolute Gasteiger partial charge is 0.494 e. The molecular formula is C13H17FN2O. The molecule has 0 unspecified atom stereocenters. The zero-order valence-electron chi connectivity index (χ0n) is 10.4. The van der Waals surface area contributed by atoms with Crippen LogP contribution in [0.4, 0.5) is 10.1 Å². The number of hydrogen-bond acceptors (Lipinski definition) is 3. The van der Waals surface area contributed by atoms with Gasteiger partial charge < -0.3 is 10.1 Å². The van der Waals surface area contributed by atoms with Crippen LogP contribution in [0, 0.1) is 22.6 Å². The van der Waals surface area contributed by atoms with E-state index < -0.39 is 0 Å². The standard InChI is InChI=1S/C13H17FN2O/c1-13(2,9-15)6-7-16-10-4-5-11(14)12(8-10)17-3/h4-5,8,16H,6-7H2,1-3H3. The van der Waals surface area contributed by atoms with Gasteiger partial charge in [-0.1, -0.05) is 0 Å². The van der Waals surface area contributed by atoms with Gasteiger partial charge in [-0.05, 0) is 32.4 Å². The Morgan fingerprint density at radius 1 is 1.47 bits per heavy atom. The molecule has 0 fully saturated rings. The van der Waals surface area contributed by atoms with Crippen molar-refractivity contribution in [2.24, 2.45) is 5.41 Å². The van der Waals surface area contributed by atoms with Gasteiger partial charge in [0.1, 0.15) is 0 Å². The SMILES string of the molecule is COc1cc(NCCC(C)(C)C#N)ccc1F. The van der Waals surface area contributed by atoms with E-state index in [9.17, 15) is 4.39 Å². The molecule has 4 heteroatoms. The van der Waals surface area contributed by atoms with Crippen LogP contribution < -0.4 is 10.1 Å². The van der Waals surface area contributed by atoms with Crippen molar-refractivity contribution >= 4 is 5.69 Å². The Balaban J connectivity index is 2.56. The summed E-state index contributed by atoms with van der Waals surface area (Å²) in [6.07, 6.45) is 0.725. The van der Waals surface area contributed by atoms with Crippen LogP contribution in [0.15, 0.2) is 18.2 Å². The number of rotatable bonds is 5. The highest BCUT2D eigenvalue weighted by Gasteiger charge is 2.15. The molecule has 1 aromatic rings. The first kappa shape index (κ1) is 13.3. The Morgan fingerprint density at radius 3 is 2.76 bits per heavy atom. The van der Waals surface area contributed by atoms with E-state index in [-0.39, 0.29) is 17.0 Å². The van der Waals surface area contributed by atoms with Crippen LogP contribution in [0.5, 0.6) is 5.75 Å². The summed E-state index contributed by atoms with van der Waals surface area (Å²) in [6.45, 7) is 4.44. The number of ether oxygens (including phenoxy) is 1. The van der Waals surface area contributed by atoms with Gasteiger partial charge >= 0.3 is 0 Å². The van der Waals surface area contributed by atoms with E-state index in [4.69, 9.17) is 10.00 Å². The van der Waals surface area contributed by atoms with Crippen LogP contribution in [0.1, 0.15) is 20.3 Å². The molecule has 0 spiro atoms. The molecule has 0 heterocycles. The van der Waals surface area contributed by atoms with Crippen LogP contribution in [-0.4, -0.2) is 13.7 Å². The summed E-state index contributed by atoms with van der Waals surface area (Å²) in [5, 5.41) is 12.0. The number of benzene rings is 1. The normalized spacial score (nSPS) is 10.8. The van der Waals surface area contributed by atoms with Crippen molar-refractivity contribution in [2.45, 2.75) is 20.3 Å². The minimum atomic E-state index is -0.379. The second-order valence-electron chi connectivity index (χ2n) is 4.52. The van der Waals surface area contributed by atoms with Crippen LogP contribution in [0.25, 0.3) is 0 Å². The molecule has 0 bridgehead atoms. The lowest BCUT2D eigenvalue weighted by Crippen LogP contribution is -2.14. The molecule has 0 saturated carbocycles. The maximum atomic E-state index is 13.1. The van der Waals surface area contributed by atoms with Crippen molar-refractivity contribution in [3.8, 4) is 11.8 Å². The lowest BCUT2D eigenvalue weighted by Gasteiger charge is -2.16. The molecule has 0 aliphatic rings. The van der Waals surface area contributed by atoms with Crippen molar-refractivity contribution < 1.29 is 9.13 Å². The zero-order valence-corrected chi connectivity index (χ0v) is 10.4. The van der Waals surface area contributed by atoms with Crippen molar-refractivity contribution in [3.63, 3.8) is 0 Å². The number of hydrogen-bond donors (Lipinski definition) is 1. The van der Waals surface area contributed by atoms with Crippen molar-refractivity contribution in [1.82, 2.24) is 0 Å². The quantitative estimate of drug-likeness (QED) is 0.854. The minimum absolute atomic E-state index is 0.217. The minimum Gasteiger partial charge on any atom is -0.494 e. The van der Waals surface area contributed by atoms with E-state index in [0.717, 1.165) is 12.1 Å². The molecule has 0 aliphatic carbocycles. The van der Waals surface area contributed by atoms with Gasteiger partial charge in [-0.25, -0.2) is 4.39 Å². The van der Waals surface area contributed by atoms with Crippen molar-refractivity contribution in [1.29, 1.82) is 5.26 Å². The van der Waals surface area contributed by atoms with Gasteiger partial charge in [0.25, 0.3) is 0 Å². The predicted molar refractivity (Wildman–Crippen MR) is 65.5 cm³/mol. The summed E-state index contributed by atoms with van der Waals surface area (Å²) in [7, 11) is 1.43. The summed E-state index contributed by atoms with van der Waals surface area (Å²) < 4.78 is 18.0. The second kappa shape index (κ2) is 5.53. The van der Waals surface area contributed by atoms with Crippen LogP contribution in [0.2, 0.25) is 0 Å². The Kier molecular flexibility index (Phi) is 4.33. The monoisotopic (exact) mass is 236 g/mol. The fourth-order valence-corrected chi connectivity index (χ4v) is 1.34. The van der Waals surface area contributed by atoms with Gasteiger partial charge in [-0.15, -0.1) is 0 Å². The molecule has 0 amide bonds. The molecular weight excluding hydrogens is 219 g/mol.